The van der Waals surface area contributed by atoms with Crippen molar-refractivity contribution in [2.24, 2.45) is 5.92 Å². The third-order valence-corrected chi connectivity index (χ3v) is 5.46. The first-order valence-electron chi connectivity index (χ1n) is 8.77. The van der Waals surface area contributed by atoms with Crippen LogP contribution in [0.2, 0.25) is 0 Å². The Bertz CT molecular complexity index is 562. The second-order valence-electron chi connectivity index (χ2n) is 7.33. The maximum absolute atomic E-state index is 11.1. The number of aliphatic carboxylic acids is 1. The largest absolute Gasteiger partial charge is 0.480 e. The molecule has 0 radical (unpaired) electrons. The number of carboxylic acid groups (broad SMARTS) is 1. The summed E-state index contributed by atoms with van der Waals surface area (Å²) in [6.45, 7) is 6.41. The van der Waals surface area contributed by atoms with Crippen molar-refractivity contribution in [3.05, 3.63) is 34.9 Å². The highest BCUT2D eigenvalue weighted by molar-refractivity contribution is 5.69. The molecule has 1 aromatic rings. The predicted octanol–water partition coefficient (Wildman–Crippen LogP) is 2.72. The maximum Gasteiger partial charge on any atom is 0.317 e. The topological polar surface area (TPSA) is 52.6 Å². The molecule has 3 rings (SSSR count). The smallest absolute Gasteiger partial charge is 0.317 e. The van der Waals surface area contributed by atoms with Gasteiger partial charge in [0.05, 0.1) is 6.54 Å². The number of nitrogens with one attached hydrogen (secondary N) is 1. The molecule has 2 N–H and O–H groups in total. The van der Waals surface area contributed by atoms with Crippen LogP contribution in [0.5, 0.6) is 0 Å². The van der Waals surface area contributed by atoms with E-state index in [1.54, 1.807) is 0 Å². The molecule has 4 nitrogen and oxygen atoms in total. The van der Waals surface area contributed by atoms with E-state index in [4.69, 9.17) is 5.11 Å². The van der Waals surface area contributed by atoms with Crippen molar-refractivity contribution in [2.45, 2.75) is 58.2 Å². The van der Waals surface area contributed by atoms with Crippen molar-refractivity contribution in [1.82, 2.24) is 10.2 Å². The van der Waals surface area contributed by atoms with Gasteiger partial charge in [0, 0.05) is 25.2 Å². The van der Waals surface area contributed by atoms with E-state index in [2.05, 4.69) is 42.3 Å². The fourth-order valence-corrected chi connectivity index (χ4v) is 3.46. The molecule has 0 aromatic heterocycles. The van der Waals surface area contributed by atoms with Crippen LogP contribution in [0, 0.1) is 19.8 Å². The first-order valence-corrected chi connectivity index (χ1v) is 8.77. The molecule has 0 amide bonds. The lowest BCUT2D eigenvalue weighted by Gasteiger charge is -2.43. The SMILES string of the molecule is Cc1cccc(CNC2CC(N(CC(=O)O)CC3CC3)C2)c1C. The summed E-state index contributed by atoms with van der Waals surface area (Å²) in [5, 5.41) is 12.7. The number of rotatable bonds is 8. The van der Waals surface area contributed by atoms with Gasteiger partial charge in [-0.3, -0.25) is 9.69 Å². The number of aryl methyl sites for hydroxylation is 1. The number of hydrogen-bond acceptors (Lipinski definition) is 3. The molecule has 2 saturated carbocycles. The molecule has 0 unspecified atom stereocenters. The molecule has 2 aliphatic rings. The van der Waals surface area contributed by atoms with Gasteiger partial charge in [0.2, 0.25) is 0 Å². The van der Waals surface area contributed by atoms with Gasteiger partial charge >= 0.3 is 5.97 Å². The van der Waals surface area contributed by atoms with E-state index in [0.29, 0.717) is 12.1 Å². The van der Waals surface area contributed by atoms with Crippen LogP contribution in [0.15, 0.2) is 18.2 Å². The monoisotopic (exact) mass is 316 g/mol. The second-order valence-corrected chi connectivity index (χ2v) is 7.33. The molecule has 2 aliphatic carbocycles. The molecule has 126 valence electrons. The molecule has 23 heavy (non-hydrogen) atoms. The molecule has 1 aromatic carbocycles. The van der Waals surface area contributed by atoms with E-state index in [1.165, 1.54) is 29.5 Å². The van der Waals surface area contributed by atoms with Crippen molar-refractivity contribution in [2.75, 3.05) is 13.1 Å². The average Bonchev–Trinajstić information content (AvgIpc) is 3.24. The van der Waals surface area contributed by atoms with E-state index in [0.717, 1.165) is 31.8 Å². The minimum Gasteiger partial charge on any atom is -0.480 e. The average molecular weight is 316 g/mol. The Morgan fingerprint density at radius 2 is 2.04 bits per heavy atom. The summed E-state index contributed by atoms with van der Waals surface area (Å²) in [7, 11) is 0. The fourth-order valence-electron chi connectivity index (χ4n) is 3.46. The van der Waals surface area contributed by atoms with E-state index < -0.39 is 5.97 Å². The van der Waals surface area contributed by atoms with Crippen LogP contribution in [0.4, 0.5) is 0 Å². The maximum atomic E-state index is 11.1. The lowest BCUT2D eigenvalue weighted by Crippen LogP contribution is -2.54. The van der Waals surface area contributed by atoms with Gasteiger partial charge < -0.3 is 10.4 Å². The van der Waals surface area contributed by atoms with Gasteiger partial charge in [-0.25, -0.2) is 0 Å². The van der Waals surface area contributed by atoms with Crippen LogP contribution in [-0.4, -0.2) is 41.1 Å². The van der Waals surface area contributed by atoms with Gasteiger partial charge in [0.1, 0.15) is 0 Å². The number of benzene rings is 1. The first-order chi connectivity index (χ1) is 11.0. The summed E-state index contributed by atoms with van der Waals surface area (Å²) in [4.78, 5) is 13.3. The Morgan fingerprint density at radius 1 is 1.30 bits per heavy atom. The zero-order valence-corrected chi connectivity index (χ0v) is 14.2. The number of nitrogens with zero attached hydrogens (tertiary/aromatic N) is 1. The third-order valence-electron chi connectivity index (χ3n) is 5.46. The summed E-state index contributed by atoms with van der Waals surface area (Å²) < 4.78 is 0. The standard InChI is InChI=1S/C19H28N2O2/c1-13-4-3-5-16(14(13)2)10-20-17-8-18(9-17)21(12-19(22)23)11-15-6-7-15/h3-5,15,17-18,20H,6-12H2,1-2H3,(H,22,23). The van der Waals surface area contributed by atoms with E-state index in [-0.39, 0.29) is 6.54 Å². The Labute approximate surface area is 138 Å². The molecule has 0 heterocycles. The molecule has 0 aliphatic heterocycles. The van der Waals surface area contributed by atoms with Crippen molar-refractivity contribution in [1.29, 1.82) is 0 Å². The predicted molar refractivity (Wildman–Crippen MR) is 91.5 cm³/mol. The van der Waals surface area contributed by atoms with Gasteiger partial charge in [-0.2, -0.15) is 0 Å². The van der Waals surface area contributed by atoms with Crippen LogP contribution < -0.4 is 5.32 Å². The molecular formula is C19H28N2O2. The zero-order valence-electron chi connectivity index (χ0n) is 14.2. The fraction of sp³-hybridized carbons (Fsp3) is 0.632. The Hall–Kier alpha value is -1.39. The van der Waals surface area contributed by atoms with E-state index in [9.17, 15) is 4.79 Å². The summed E-state index contributed by atoms with van der Waals surface area (Å²) in [5.41, 5.74) is 4.08. The Morgan fingerprint density at radius 3 is 2.70 bits per heavy atom. The van der Waals surface area contributed by atoms with Crippen LogP contribution in [0.25, 0.3) is 0 Å². The Balaban J connectivity index is 1.46. The molecule has 0 saturated heterocycles. The van der Waals surface area contributed by atoms with Crippen molar-refractivity contribution in [3.8, 4) is 0 Å². The summed E-state index contributed by atoms with van der Waals surface area (Å²) in [5.74, 6) is 0.0498. The number of hydrogen-bond donors (Lipinski definition) is 2. The highest BCUT2D eigenvalue weighted by Crippen LogP contribution is 2.33. The molecule has 4 heteroatoms. The minimum atomic E-state index is -0.697. The normalized spacial score (nSPS) is 23.8. The van der Waals surface area contributed by atoms with Gasteiger partial charge in [-0.1, -0.05) is 18.2 Å². The summed E-state index contributed by atoms with van der Waals surface area (Å²) >= 11 is 0. The lowest BCUT2D eigenvalue weighted by atomic mass is 9.85. The van der Waals surface area contributed by atoms with Gasteiger partial charge in [0.25, 0.3) is 0 Å². The summed E-state index contributed by atoms with van der Waals surface area (Å²) in [6, 6.07) is 7.43. The molecule has 0 bridgehead atoms. The quantitative estimate of drug-likeness (QED) is 0.774. The second kappa shape index (κ2) is 7.02. The highest BCUT2D eigenvalue weighted by Gasteiger charge is 2.36. The van der Waals surface area contributed by atoms with Crippen LogP contribution in [-0.2, 0) is 11.3 Å². The molecule has 0 spiro atoms. The number of carbonyl (C=O) groups is 1. The van der Waals surface area contributed by atoms with Crippen molar-refractivity contribution in [3.63, 3.8) is 0 Å². The van der Waals surface area contributed by atoms with Gasteiger partial charge in [-0.15, -0.1) is 0 Å². The Kier molecular flexibility index (Phi) is 5.02. The zero-order chi connectivity index (χ0) is 16.4. The minimum absolute atomic E-state index is 0.199. The van der Waals surface area contributed by atoms with Crippen molar-refractivity contribution >= 4 is 5.97 Å². The van der Waals surface area contributed by atoms with Crippen LogP contribution in [0.1, 0.15) is 42.4 Å². The van der Waals surface area contributed by atoms with Gasteiger partial charge in [-0.05, 0) is 62.1 Å². The first kappa shape index (κ1) is 16.5. The van der Waals surface area contributed by atoms with Crippen LogP contribution in [0.3, 0.4) is 0 Å². The van der Waals surface area contributed by atoms with E-state index in [1.807, 2.05) is 0 Å². The molecule has 2 fully saturated rings. The van der Waals surface area contributed by atoms with Crippen molar-refractivity contribution < 1.29 is 9.90 Å². The third kappa shape index (κ3) is 4.33. The molecular weight excluding hydrogens is 288 g/mol. The van der Waals surface area contributed by atoms with E-state index >= 15 is 0 Å². The van der Waals surface area contributed by atoms with Crippen LogP contribution >= 0.6 is 0 Å². The highest BCUT2D eigenvalue weighted by atomic mass is 16.4. The lowest BCUT2D eigenvalue weighted by molar-refractivity contribution is -0.139. The number of carboxylic acids is 1. The molecule has 0 atom stereocenters. The summed E-state index contributed by atoms with van der Waals surface area (Å²) in [6.07, 6.45) is 4.70. The van der Waals surface area contributed by atoms with Gasteiger partial charge in [0.15, 0.2) is 0 Å².